The topological polar surface area (TPSA) is 108 Å². The molecule has 0 fully saturated rings. The van der Waals surface area contributed by atoms with Crippen LogP contribution in [0.5, 0.6) is 0 Å². The van der Waals surface area contributed by atoms with Crippen LogP contribution in [-0.2, 0) is 11.3 Å². The van der Waals surface area contributed by atoms with Crippen molar-refractivity contribution in [1.82, 2.24) is 19.5 Å². The van der Waals surface area contributed by atoms with Crippen LogP contribution in [0.3, 0.4) is 0 Å². The van der Waals surface area contributed by atoms with Gasteiger partial charge < -0.3 is 20.4 Å². The highest BCUT2D eigenvalue weighted by atomic mass is 16.5. The summed E-state index contributed by atoms with van der Waals surface area (Å²) in [5, 5.41) is 3.23. The van der Waals surface area contributed by atoms with Gasteiger partial charge in [-0.3, -0.25) is 0 Å². The second-order valence-corrected chi connectivity index (χ2v) is 6.15. The highest BCUT2D eigenvalue weighted by Crippen LogP contribution is 2.24. The van der Waals surface area contributed by atoms with E-state index in [1.165, 1.54) is 7.11 Å². The number of aromatic nitrogens is 4. The second-order valence-electron chi connectivity index (χ2n) is 6.15. The van der Waals surface area contributed by atoms with Gasteiger partial charge in [0.1, 0.15) is 0 Å². The van der Waals surface area contributed by atoms with Gasteiger partial charge in [-0.15, -0.1) is 0 Å². The minimum atomic E-state index is -0.364. The van der Waals surface area contributed by atoms with Crippen LogP contribution in [0.25, 0.3) is 11.2 Å². The van der Waals surface area contributed by atoms with Crippen LogP contribution >= 0.6 is 0 Å². The Hall–Kier alpha value is -3.94. The van der Waals surface area contributed by atoms with Crippen LogP contribution in [-0.4, -0.2) is 32.6 Å². The molecule has 0 unspecified atom stereocenters. The summed E-state index contributed by atoms with van der Waals surface area (Å²) in [6, 6.07) is 16.9. The summed E-state index contributed by atoms with van der Waals surface area (Å²) in [7, 11) is 1.36. The van der Waals surface area contributed by atoms with Crippen molar-refractivity contribution in [1.29, 1.82) is 0 Å². The number of nitrogen functional groups attached to an aromatic ring is 1. The van der Waals surface area contributed by atoms with E-state index in [4.69, 9.17) is 10.5 Å². The third kappa shape index (κ3) is 3.48. The highest BCUT2D eigenvalue weighted by Gasteiger charge is 2.13. The number of nitrogens with two attached hydrogens (primary N) is 1. The van der Waals surface area contributed by atoms with Crippen molar-refractivity contribution in [2.45, 2.75) is 6.54 Å². The first kappa shape index (κ1) is 17.5. The molecule has 8 nitrogen and oxygen atoms in total. The predicted octanol–water partition coefficient (Wildman–Crippen LogP) is 2.99. The molecule has 0 aliphatic heterocycles. The number of hydrogen-bond donors (Lipinski definition) is 2. The predicted molar refractivity (Wildman–Crippen MR) is 106 cm³/mol. The molecule has 0 aliphatic carbocycles. The molecule has 0 bridgehead atoms. The standard InChI is InChI=1S/C20H18N6O2/c1-28-19(27)14-9-7-13(8-10-14)11-26-12-22-16-17(24-20(21)25-18(16)26)23-15-5-3-2-4-6-15/h2-10,12H,11H2,1H3,(H3,21,23,24,25). The SMILES string of the molecule is COC(=O)c1ccc(Cn2cnc3c(Nc4ccccc4)nc(N)nc32)cc1. The number of rotatable bonds is 5. The molecule has 4 aromatic rings. The molecule has 0 saturated heterocycles. The number of methoxy groups -OCH3 is 1. The van der Waals surface area contributed by atoms with Gasteiger partial charge in [0, 0.05) is 5.69 Å². The summed E-state index contributed by atoms with van der Waals surface area (Å²) in [6.45, 7) is 0.527. The van der Waals surface area contributed by atoms with Crippen LogP contribution in [0.1, 0.15) is 15.9 Å². The fraction of sp³-hybridized carbons (Fsp3) is 0.100. The van der Waals surface area contributed by atoms with Crippen molar-refractivity contribution in [3.05, 3.63) is 72.1 Å². The third-order valence-electron chi connectivity index (χ3n) is 4.25. The minimum Gasteiger partial charge on any atom is -0.465 e. The molecule has 3 N–H and O–H groups in total. The molecule has 0 amide bonds. The average Bonchev–Trinajstić information content (AvgIpc) is 3.11. The number of fused-ring (bicyclic) bond motifs is 1. The van der Waals surface area contributed by atoms with E-state index < -0.39 is 0 Å². The number of hydrogen-bond acceptors (Lipinski definition) is 7. The van der Waals surface area contributed by atoms with Crippen molar-refractivity contribution in [2.24, 2.45) is 0 Å². The number of ether oxygens (including phenoxy) is 1. The zero-order valence-electron chi connectivity index (χ0n) is 15.2. The molecule has 0 saturated carbocycles. The molecule has 0 aliphatic rings. The number of imidazole rings is 1. The molecule has 8 heteroatoms. The van der Waals surface area contributed by atoms with Crippen molar-refractivity contribution in [3.63, 3.8) is 0 Å². The molecule has 28 heavy (non-hydrogen) atoms. The monoisotopic (exact) mass is 374 g/mol. The van der Waals surface area contributed by atoms with Gasteiger partial charge in [0.25, 0.3) is 0 Å². The van der Waals surface area contributed by atoms with E-state index >= 15 is 0 Å². The van der Waals surface area contributed by atoms with Crippen LogP contribution in [0.15, 0.2) is 60.9 Å². The van der Waals surface area contributed by atoms with Crippen LogP contribution < -0.4 is 11.1 Å². The number of benzene rings is 2. The molecular weight excluding hydrogens is 356 g/mol. The third-order valence-corrected chi connectivity index (χ3v) is 4.25. The van der Waals surface area contributed by atoms with Crippen LogP contribution in [0.2, 0.25) is 0 Å². The Morgan fingerprint density at radius 3 is 2.57 bits per heavy atom. The first-order valence-corrected chi connectivity index (χ1v) is 8.62. The fourth-order valence-corrected chi connectivity index (χ4v) is 2.88. The summed E-state index contributed by atoms with van der Waals surface area (Å²) >= 11 is 0. The van der Waals surface area contributed by atoms with Gasteiger partial charge in [0.2, 0.25) is 5.95 Å². The Labute approximate surface area is 161 Å². The lowest BCUT2D eigenvalue weighted by atomic mass is 10.1. The Kier molecular flexibility index (Phi) is 4.59. The van der Waals surface area contributed by atoms with E-state index in [1.807, 2.05) is 47.0 Å². The lowest BCUT2D eigenvalue weighted by molar-refractivity contribution is 0.0600. The molecule has 140 valence electrons. The van der Waals surface area contributed by atoms with Gasteiger partial charge in [-0.1, -0.05) is 30.3 Å². The smallest absolute Gasteiger partial charge is 0.337 e. The molecular formula is C20H18N6O2. The maximum Gasteiger partial charge on any atom is 0.337 e. The summed E-state index contributed by atoms with van der Waals surface area (Å²) in [5.41, 5.74) is 9.54. The lowest BCUT2D eigenvalue weighted by Crippen LogP contribution is -2.05. The zero-order valence-corrected chi connectivity index (χ0v) is 15.2. The van der Waals surface area contributed by atoms with Crippen LogP contribution in [0, 0.1) is 0 Å². The first-order chi connectivity index (χ1) is 13.6. The van der Waals surface area contributed by atoms with E-state index in [-0.39, 0.29) is 11.9 Å². The largest absolute Gasteiger partial charge is 0.465 e. The average molecular weight is 374 g/mol. The van der Waals surface area contributed by atoms with E-state index in [0.717, 1.165) is 11.3 Å². The lowest BCUT2D eigenvalue weighted by Gasteiger charge is -2.08. The summed E-state index contributed by atoms with van der Waals surface area (Å²) < 4.78 is 6.61. The van der Waals surface area contributed by atoms with Crippen molar-refractivity contribution < 1.29 is 9.53 Å². The number of carbonyl (C=O) groups excluding carboxylic acids is 1. The Morgan fingerprint density at radius 1 is 1.11 bits per heavy atom. The maximum atomic E-state index is 11.6. The number of nitrogens with one attached hydrogen (secondary N) is 1. The van der Waals surface area contributed by atoms with Crippen molar-refractivity contribution in [3.8, 4) is 0 Å². The number of nitrogens with zero attached hydrogens (tertiary/aromatic N) is 4. The van der Waals surface area contributed by atoms with Crippen molar-refractivity contribution in [2.75, 3.05) is 18.2 Å². The maximum absolute atomic E-state index is 11.6. The Morgan fingerprint density at radius 2 is 1.86 bits per heavy atom. The molecule has 0 spiro atoms. The number of carbonyl (C=O) groups is 1. The fourth-order valence-electron chi connectivity index (χ4n) is 2.88. The van der Waals surface area contributed by atoms with Crippen LogP contribution in [0.4, 0.5) is 17.5 Å². The first-order valence-electron chi connectivity index (χ1n) is 8.62. The summed E-state index contributed by atoms with van der Waals surface area (Å²) in [5.74, 6) is 0.346. The van der Waals surface area contributed by atoms with Gasteiger partial charge in [-0.05, 0) is 29.8 Å². The van der Waals surface area contributed by atoms with Crippen molar-refractivity contribution >= 4 is 34.6 Å². The van der Waals surface area contributed by atoms with Gasteiger partial charge in [-0.2, -0.15) is 9.97 Å². The zero-order chi connectivity index (χ0) is 19.5. The number of para-hydroxylation sites is 1. The molecule has 0 radical (unpaired) electrons. The van der Waals surface area contributed by atoms with Gasteiger partial charge in [0.15, 0.2) is 17.0 Å². The van der Waals surface area contributed by atoms with E-state index in [2.05, 4.69) is 20.3 Å². The van der Waals surface area contributed by atoms with Gasteiger partial charge in [-0.25, -0.2) is 9.78 Å². The van der Waals surface area contributed by atoms with E-state index in [1.54, 1.807) is 18.5 Å². The molecule has 2 heterocycles. The van der Waals surface area contributed by atoms with E-state index in [9.17, 15) is 4.79 Å². The molecule has 2 aromatic heterocycles. The quantitative estimate of drug-likeness (QED) is 0.517. The van der Waals surface area contributed by atoms with Gasteiger partial charge >= 0.3 is 5.97 Å². The minimum absolute atomic E-state index is 0.161. The molecule has 2 aromatic carbocycles. The van der Waals surface area contributed by atoms with E-state index in [0.29, 0.717) is 29.1 Å². The Balaban J connectivity index is 1.64. The highest BCUT2D eigenvalue weighted by molar-refractivity contribution is 5.89. The molecule has 4 rings (SSSR count). The molecule has 0 atom stereocenters. The second kappa shape index (κ2) is 7.36. The Bertz CT molecular complexity index is 1120. The normalized spacial score (nSPS) is 10.8. The summed E-state index contributed by atoms with van der Waals surface area (Å²) in [6.07, 6.45) is 1.70. The number of anilines is 3. The summed E-state index contributed by atoms with van der Waals surface area (Å²) in [4.78, 5) is 24.7. The van der Waals surface area contributed by atoms with Gasteiger partial charge in [0.05, 0.1) is 25.5 Å². The number of esters is 1.